The summed E-state index contributed by atoms with van der Waals surface area (Å²) in [5, 5.41) is 8.38. The molecule has 0 saturated carbocycles. The zero-order valence-corrected chi connectivity index (χ0v) is 21.4. The second kappa shape index (κ2) is 10.5. The predicted octanol–water partition coefficient (Wildman–Crippen LogP) is 3.40. The predicted molar refractivity (Wildman–Crippen MR) is 125 cm³/mol. The number of nitrogens with zero attached hydrogens (tertiary/aromatic N) is 4. The van der Waals surface area contributed by atoms with Crippen molar-refractivity contribution in [1.82, 2.24) is 19.7 Å². The van der Waals surface area contributed by atoms with E-state index in [1.807, 2.05) is 52.8 Å². The molecule has 2 aromatic rings. The van der Waals surface area contributed by atoms with Crippen LogP contribution in [0.3, 0.4) is 0 Å². The van der Waals surface area contributed by atoms with Crippen molar-refractivity contribution in [3.63, 3.8) is 0 Å². The van der Waals surface area contributed by atoms with Crippen molar-refractivity contribution in [2.45, 2.75) is 51.2 Å². The first-order valence-corrected chi connectivity index (χ1v) is 12.3. The Hall–Kier alpha value is -2.33. The lowest BCUT2D eigenvalue weighted by molar-refractivity contribution is 0.322. The topological polar surface area (TPSA) is 95.8 Å². The molecule has 1 aromatic heterocycles. The van der Waals surface area contributed by atoms with Gasteiger partial charge in [-0.05, 0) is 52.9 Å². The number of ether oxygens (including phenoxy) is 3. The summed E-state index contributed by atoms with van der Waals surface area (Å²) < 4.78 is 44.8. The van der Waals surface area contributed by atoms with E-state index in [0.717, 1.165) is 5.56 Å². The van der Waals surface area contributed by atoms with Crippen LogP contribution in [0.4, 0.5) is 0 Å². The minimum absolute atomic E-state index is 0.00363. The van der Waals surface area contributed by atoms with E-state index in [1.54, 1.807) is 18.8 Å². The molecule has 2 rings (SSSR count). The maximum atomic E-state index is 13.1. The lowest BCUT2D eigenvalue weighted by Crippen LogP contribution is -2.20. The summed E-state index contributed by atoms with van der Waals surface area (Å²) in [6, 6.07) is 1.72. The molecule has 0 aliphatic heterocycles. The van der Waals surface area contributed by atoms with Gasteiger partial charge in [0.25, 0.3) is 0 Å². The highest BCUT2D eigenvalue weighted by Crippen LogP contribution is 2.48. The first-order chi connectivity index (χ1) is 15.0. The molecule has 0 aliphatic carbocycles. The Morgan fingerprint density at radius 3 is 2.03 bits per heavy atom. The zero-order valence-electron chi connectivity index (χ0n) is 20.6. The van der Waals surface area contributed by atoms with Crippen molar-refractivity contribution in [3.8, 4) is 28.6 Å². The summed E-state index contributed by atoms with van der Waals surface area (Å²) >= 11 is 0. The molecule has 0 unspecified atom stereocenters. The summed E-state index contributed by atoms with van der Waals surface area (Å²) in [5.41, 5.74) is 1.50. The Morgan fingerprint density at radius 1 is 0.969 bits per heavy atom. The van der Waals surface area contributed by atoms with E-state index in [-0.39, 0.29) is 22.9 Å². The molecule has 0 aliphatic rings. The molecule has 0 amide bonds. The molecule has 180 valence electrons. The van der Waals surface area contributed by atoms with E-state index in [1.165, 1.54) is 7.11 Å². The quantitative estimate of drug-likeness (QED) is 0.495. The largest absolute Gasteiger partial charge is 0.492 e. The van der Waals surface area contributed by atoms with Gasteiger partial charge in [-0.25, -0.2) is 8.42 Å². The van der Waals surface area contributed by atoms with Gasteiger partial charge in [0.15, 0.2) is 17.3 Å². The van der Waals surface area contributed by atoms with Gasteiger partial charge in [0.05, 0.1) is 32.6 Å². The second-order valence-electron chi connectivity index (χ2n) is 8.51. The van der Waals surface area contributed by atoms with E-state index in [2.05, 4.69) is 10.2 Å². The molecule has 0 fully saturated rings. The Morgan fingerprint density at radius 2 is 1.56 bits per heavy atom. The third-order valence-electron chi connectivity index (χ3n) is 5.17. The van der Waals surface area contributed by atoms with Crippen LogP contribution in [0.15, 0.2) is 11.2 Å². The van der Waals surface area contributed by atoms with E-state index in [0.29, 0.717) is 41.6 Å². The van der Waals surface area contributed by atoms with Gasteiger partial charge in [0, 0.05) is 11.6 Å². The van der Waals surface area contributed by atoms with Gasteiger partial charge in [-0.1, -0.05) is 13.8 Å². The van der Waals surface area contributed by atoms with Crippen LogP contribution in [0.2, 0.25) is 0 Å². The van der Waals surface area contributed by atoms with Gasteiger partial charge in [0.1, 0.15) is 0 Å². The molecule has 32 heavy (non-hydrogen) atoms. The summed E-state index contributed by atoms with van der Waals surface area (Å²) in [6.07, 6.45) is 0.507. The SMILES string of the molecule is COc1c(-c2nnc(S(=O)(=O)CCCN(C)C)n2C(C)C)cc(C(C)C)c(OC)c1OC. The number of methoxy groups -OCH3 is 3. The minimum atomic E-state index is -3.63. The standard InChI is InChI=1S/C22H36N4O5S/c1-14(2)16-13-17(19(30-8)20(31-9)18(16)29-7)21-23-24-22(26(21)15(3)4)32(27,28)12-10-11-25(5)6/h13-15H,10-12H2,1-9H3. The summed E-state index contributed by atoms with van der Waals surface area (Å²) in [6.45, 7) is 8.57. The van der Waals surface area contributed by atoms with E-state index < -0.39 is 9.84 Å². The van der Waals surface area contributed by atoms with Crippen molar-refractivity contribution in [2.24, 2.45) is 0 Å². The smallest absolute Gasteiger partial charge is 0.250 e. The fourth-order valence-electron chi connectivity index (χ4n) is 3.64. The van der Waals surface area contributed by atoms with Gasteiger partial charge in [0.2, 0.25) is 20.7 Å². The normalized spacial score (nSPS) is 12.1. The van der Waals surface area contributed by atoms with Crippen LogP contribution in [-0.2, 0) is 9.84 Å². The number of rotatable bonds is 11. The maximum absolute atomic E-state index is 13.1. The molecule has 0 saturated heterocycles. The van der Waals surface area contributed by atoms with Crippen LogP contribution in [0.5, 0.6) is 17.2 Å². The Labute approximate surface area is 191 Å². The molecule has 0 spiro atoms. The van der Waals surface area contributed by atoms with Crippen molar-refractivity contribution in [2.75, 3.05) is 47.7 Å². The fraction of sp³-hybridized carbons (Fsp3) is 0.636. The van der Waals surface area contributed by atoms with Crippen LogP contribution in [0.25, 0.3) is 11.4 Å². The molecular weight excluding hydrogens is 432 g/mol. The lowest BCUT2D eigenvalue weighted by atomic mass is 9.97. The Kier molecular flexibility index (Phi) is 8.53. The van der Waals surface area contributed by atoms with Crippen LogP contribution in [0.1, 0.15) is 51.6 Å². The van der Waals surface area contributed by atoms with E-state index in [9.17, 15) is 8.42 Å². The molecule has 0 N–H and O–H groups in total. The van der Waals surface area contributed by atoms with Crippen molar-refractivity contribution in [3.05, 3.63) is 11.6 Å². The monoisotopic (exact) mass is 468 g/mol. The third-order valence-corrected chi connectivity index (χ3v) is 6.83. The number of benzene rings is 1. The maximum Gasteiger partial charge on any atom is 0.250 e. The second-order valence-corrected chi connectivity index (χ2v) is 10.5. The number of hydrogen-bond donors (Lipinski definition) is 0. The minimum Gasteiger partial charge on any atom is -0.492 e. The van der Waals surface area contributed by atoms with Crippen LogP contribution >= 0.6 is 0 Å². The van der Waals surface area contributed by atoms with Gasteiger partial charge in [-0.3, -0.25) is 4.57 Å². The van der Waals surface area contributed by atoms with Crippen molar-refractivity contribution < 1.29 is 22.6 Å². The number of aromatic nitrogens is 3. The first-order valence-electron chi connectivity index (χ1n) is 10.7. The Bertz CT molecular complexity index is 1030. The Balaban J connectivity index is 2.75. The van der Waals surface area contributed by atoms with Gasteiger partial charge < -0.3 is 19.1 Å². The molecule has 0 bridgehead atoms. The molecule has 10 heteroatoms. The van der Waals surface area contributed by atoms with Gasteiger partial charge in [-0.15, -0.1) is 10.2 Å². The molecule has 0 radical (unpaired) electrons. The van der Waals surface area contributed by atoms with E-state index in [4.69, 9.17) is 14.2 Å². The first kappa shape index (κ1) is 25.9. The highest BCUT2D eigenvalue weighted by Gasteiger charge is 2.31. The highest BCUT2D eigenvalue weighted by atomic mass is 32.2. The van der Waals surface area contributed by atoms with E-state index >= 15 is 0 Å². The van der Waals surface area contributed by atoms with Crippen molar-refractivity contribution >= 4 is 9.84 Å². The third kappa shape index (κ3) is 5.17. The fourth-order valence-corrected chi connectivity index (χ4v) is 5.09. The molecular formula is C22H36N4O5S. The van der Waals surface area contributed by atoms with Gasteiger partial charge in [-0.2, -0.15) is 0 Å². The number of sulfone groups is 1. The zero-order chi connectivity index (χ0) is 24.2. The molecule has 9 nitrogen and oxygen atoms in total. The highest BCUT2D eigenvalue weighted by molar-refractivity contribution is 7.91. The van der Waals surface area contributed by atoms with Crippen LogP contribution in [0, 0.1) is 0 Å². The molecule has 1 heterocycles. The lowest BCUT2D eigenvalue weighted by Gasteiger charge is -2.22. The van der Waals surface area contributed by atoms with Gasteiger partial charge >= 0.3 is 0 Å². The average molecular weight is 469 g/mol. The summed E-state index contributed by atoms with van der Waals surface area (Å²) in [5.74, 6) is 1.95. The van der Waals surface area contributed by atoms with Crippen molar-refractivity contribution in [1.29, 1.82) is 0 Å². The average Bonchev–Trinajstić information content (AvgIpc) is 3.17. The van der Waals surface area contributed by atoms with Crippen LogP contribution < -0.4 is 14.2 Å². The number of hydrogen-bond acceptors (Lipinski definition) is 8. The molecule has 0 atom stereocenters. The molecule has 1 aromatic carbocycles. The summed E-state index contributed by atoms with van der Waals surface area (Å²) in [4.78, 5) is 1.95. The summed E-state index contributed by atoms with van der Waals surface area (Å²) in [7, 11) is 4.86. The van der Waals surface area contributed by atoms with Crippen LogP contribution in [-0.4, -0.2) is 75.8 Å².